The number of carbonyl (C=O) groups excluding carboxylic acids is 2. The first-order chi connectivity index (χ1) is 14.0. The number of halogens is 2. The van der Waals surface area contributed by atoms with Gasteiger partial charge in [0.1, 0.15) is 11.5 Å². The molecule has 0 bridgehead atoms. The van der Waals surface area contributed by atoms with Gasteiger partial charge in [-0.05, 0) is 42.3 Å². The van der Waals surface area contributed by atoms with E-state index in [0.29, 0.717) is 37.4 Å². The summed E-state index contributed by atoms with van der Waals surface area (Å²) in [7, 11) is 0. The minimum Gasteiger partial charge on any atom is -0.333 e. The van der Waals surface area contributed by atoms with Crippen molar-refractivity contribution in [2.45, 2.75) is 19.5 Å². The number of nitrogens with one attached hydrogen (secondary N) is 1. The van der Waals surface area contributed by atoms with Crippen LogP contribution in [0.3, 0.4) is 0 Å². The Kier molecular flexibility index (Phi) is 5.44. The zero-order valence-electron chi connectivity index (χ0n) is 15.4. The predicted octanol–water partition coefficient (Wildman–Crippen LogP) is 4.08. The Morgan fingerprint density at radius 1 is 1.14 bits per heavy atom. The smallest absolute Gasteiger partial charge is 0.276 e. The zero-order valence-corrected chi connectivity index (χ0v) is 17.0. The van der Waals surface area contributed by atoms with Gasteiger partial charge in [-0.3, -0.25) is 14.3 Å². The van der Waals surface area contributed by atoms with Crippen LogP contribution in [0.1, 0.15) is 33.0 Å². The quantitative estimate of drug-likeness (QED) is 0.642. The van der Waals surface area contributed by atoms with Gasteiger partial charge < -0.3 is 10.2 Å². The summed E-state index contributed by atoms with van der Waals surface area (Å²) in [6, 6.07) is 14.9. The fourth-order valence-corrected chi connectivity index (χ4v) is 3.67. The first-order valence-corrected chi connectivity index (χ1v) is 9.97. The van der Waals surface area contributed by atoms with E-state index < -0.39 is 0 Å². The fraction of sp³-hybridized carbons (Fsp3) is 0.190. The third-order valence-corrected chi connectivity index (χ3v) is 5.18. The molecule has 0 radical (unpaired) electrons. The summed E-state index contributed by atoms with van der Waals surface area (Å²) in [5.74, 6) is -0.877. The molecule has 0 atom stereocenters. The molecule has 148 valence electrons. The van der Waals surface area contributed by atoms with Crippen LogP contribution in [0.5, 0.6) is 0 Å². The maximum absolute atomic E-state index is 13.1. The average Bonchev–Trinajstić information content (AvgIpc) is 3.07. The largest absolute Gasteiger partial charge is 0.333 e. The lowest BCUT2D eigenvalue weighted by atomic mass is 10.2. The van der Waals surface area contributed by atoms with Crippen molar-refractivity contribution in [3.8, 4) is 0 Å². The van der Waals surface area contributed by atoms with Crippen molar-refractivity contribution in [2.24, 2.45) is 0 Å². The van der Waals surface area contributed by atoms with Crippen LogP contribution in [0.15, 0.2) is 59.1 Å². The van der Waals surface area contributed by atoms with Gasteiger partial charge in [0, 0.05) is 35.9 Å². The number of rotatable bonds is 4. The second-order valence-corrected chi connectivity index (χ2v) is 7.72. The second-order valence-electron chi connectivity index (χ2n) is 6.81. The molecule has 1 aliphatic rings. The van der Waals surface area contributed by atoms with Crippen molar-refractivity contribution in [3.63, 3.8) is 0 Å². The van der Waals surface area contributed by atoms with E-state index in [0.717, 1.165) is 10.0 Å². The molecular formula is C21H18BrFN4O2. The minimum atomic E-state index is -0.374. The van der Waals surface area contributed by atoms with Crippen molar-refractivity contribution in [3.05, 3.63) is 81.8 Å². The SMILES string of the molecule is O=C(Nc1cccc(Br)c1)c1cc2n(n1)CCCN(Cc1ccc(F)cc1)C2=O. The Morgan fingerprint density at radius 2 is 1.93 bits per heavy atom. The summed E-state index contributed by atoms with van der Waals surface area (Å²) in [5.41, 5.74) is 2.05. The summed E-state index contributed by atoms with van der Waals surface area (Å²) in [6.45, 7) is 1.49. The normalized spacial score (nSPS) is 13.7. The van der Waals surface area contributed by atoms with E-state index in [1.165, 1.54) is 18.2 Å². The van der Waals surface area contributed by atoms with Crippen molar-refractivity contribution < 1.29 is 14.0 Å². The highest BCUT2D eigenvalue weighted by Gasteiger charge is 2.26. The number of hydrogen-bond donors (Lipinski definition) is 1. The van der Waals surface area contributed by atoms with Gasteiger partial charge in [0.2, 0.25) is 0 Å². The molecule has 6 nitrogen and oxygen atoms in total. The zero-order chi connectivity index (χ0) is 20.4. The van der Waals surface area contributed by atoms with Crippen LogP contribution < -0.4 is 5.32 Å². The van der Waals surface area contributed by atoms with Gasteiger partial charge in [-0.15, -0.1) is 0 Å². The number of anilines is 1. The number of aromatic nitrogens is 2. The number of hydrogen-bond acceptors (Lipinski definition) is 3. The molecule has 2 aromatic carbocycles. The first kappa shape index (κ1) is 19.3. The maximum atomic E-state index is 13.1. The Bertz CT molecular complexity index is 1060. The van der Waals surface area contributed by atoms with E-state index in [1.807, 2.05) is 12.1 Å². The molecule has 0 saturated heterocycles. The van der Waals surface area contributed by atoms with E-state index >= 15 is 0 Å². The summed E-state index contributed by atoms with van der Waals surface area (Å²) in [4.78, 5) is 27.3. The van der Waals surface area contributed by atoms with Gasteiger partial charge >= 0.3 is 0 Å². The van der Waals surface area contributed by atoms with E-state index in [2.05, 4.69) is 26.3 Å². The lowest BCUT2D eigenvalue weighted by Gasteiger charge is -2.20. The number of nitrogens with zero attached hydrogens (tertiary/aromatic N) is 3. The molecule has 4 rings (SSSR count). The molecule has 8 heteroatoms. The lowest BCUT2D eigenvalue weighted by Crippen LogP contribution is -2.30. The van der Waals surface area contributed by atoms with Gasteiger partial charge in [-0.25, -0.2) is 4.39 Å². The second kappa shape index (κ2) is 8.16. The van der Waals surface area contributed by atoms with Crippen LogP contribution in [0, 0.1) is 5.82 Å². The van der Waals surface area contributed by atoms with E-state index in [9.17, 15) is 14.0 Å². The van der Waals surface area contributed by atoms with Crippen LogP contribution in [0.25, 0.3) is 0 Å². The minimum absolute atomic E-state index is 0.192. The number of aryl methyl sites for hydroxylation is 1. The highest BCUT2D eigenvalue weighted by Crippen LogP contribution is 2.19. The Hall–Kier alpha value is -3.00. The third kappa shape index (κ3) is 4.37. The van der Waals surface area contributed by atoms with Gasteiger partial charge in [-0.2, -0.15) is 5.10 Å². The average molecular weight is 457 g/mol. The predicted molar refractivity (Wildman–Crippen MR) is 110 cm³/mol. The van der Waals surface area contributed by atoms with Crippen molar-refractivity contribution in [2.75, 3.05) is 11.9 Å². The van der Waals surface area contributed by atoms with Crippen LogP contribution in [-0.4, -0.2) is 33.0 Å². The topological polar surface area (TPSA) is 67.2 Å². The molecule has 29 heavy (non-hydrogen) atoms. The summed E-state index contributed by atoms with van der Waals surface area (Å²) < 4.78 is 15.6. The van der Waals surface area contributed by atoms with Gasteiger partial charge in [0.05, 0.1) is 0 Å². The fourth-order valence-electron chi connectivity index (χ4n) is 3.27. The van der Waals surface area contributed by atoms with Crippen molar-refractivity contribution in [1.82, 2.24) is 14.7 Å². The summed E-state index contributed by atoms with van der Waals surface area (Å²) in [5, 5.41) is 7.12. The van der Waals surface area contributed by atoms with E-state index in [4.69, 9.17) is 0 Å². The molecular weight excluding hydrogens is 439 g/mol. The molecule has 1 N–H and O–H groups in total. The number of carbonyl (C=O) groups is 2. The Morgan fingerprint density at radius 3 is 2.69 bits per heavy atom. The molecule has 2 amide bonds. The van der Waals surface area contributed by atoms with Crippen LogP contribution in [0.4, 0.5) is 10.1 Å². The molecule has 0 aliphatic carbocycles. The highest BCUT2D eigenvalue weighted by molar-refractivity contribution is 9.10. The molecule has 0 saturated carbocycles. The molecule has 3 aromatic rings. The number of benzene rings is 2. The number of amides is 2. The van der Waals surface area contributed by atoms with Crippen LogP contribution in [-0.2, 0) is 13.1 Å². The van der Waals surface area contributed by atoms with Gasteiger partial charge in [0.15, 0.2) is 5.69 Å². The monoisotopic (exact) mass is 456 g/mol. The maximum Gasteiger partial charge on any atom is 0.276 e. The van der Waals surface area contributed by atoms with Gasteiger partial charge in [0.25, 0.3) is 11.8 Å². The molecule has 1 aromatic heterocycles. The first-order valence-electron chi connectivity index (χ1n) is 9.18. The Labute approximate surface area is 175 Å². The molecule has 0 fully saturated rings. The van der Waals surface area contributed by atoms with Crippen LogP contribution in [0.2, 0.25) is 0 Å². The van der Waals surface area contributed by atoms with E-state index in [-0.39, 0.29) is 23.3 Å². The van der Waals surface area contributed by atoms with Gasteiger partial charge in [-0.1, -0.05) is 34.1 Å². The summed E-state index contributed by atoms with van der Waals surface area (Å²) in [6.07, 6.45) is 0.717. The number of fused-ring (bicyclic) bond motifs is 1. The highest BCUT2D eigenvalue weighted by atomic mass is 79.9. The Balaban J connectivity index is 1.53. The van der Waals surface area contributed by atoms with E-state index in [1.54, 1.807) is 33.8 Å². The van der Waals surface area contributed by atoms with Crippen LogP contribution >= 0.6 is 15.9 Å². The third-order valence-electron chi connectivity index (χ3n) is 4.69. The molecule has 0 unspecified atom stereocenters. The molecule has 1 aliphatic heterocycles. The summed E-state index contributed by atoms with van der Waals surface area (Å²) >= 11 is 3.37. The standard InChI is InChI=1S/C21H18BrFN4O2/c22-15-3-1-4-17(11-15)24-20(28)18-12-19-21(29)26(9-2-10-27(19)25-18)13-14-5-7-16(23)8-6-14/h1,3-8,11-12H,2,9-10,13H2,(H,24,28). The lowest BCUT2D eigenvalue weighted by molar-refractivity contribution is 0.0745. The van der Waals surface area contributed by atoms with Crippen molar-refractivity contribution >= 4 is 33.4 Å². The molecule has 2 heterocycles. The molecule has 0 spiro atoms. The van der Waals surface area contributed by atoms with Crippen molar-refractivity contribution in [1.29, 1.82) is 0 Å².